The first-order chi connectivity index (χ1) is 14.6. The highest BCUT2D eigenvalue weighted by Crippen LogP contribution is 2.24. The lowest BCUT2D eigenvalue weighted by Gasteiger charge is -2.08. The van der Waals surface area contributed by atoms with E-state index < -0.39 is 10.8 Å². The number of aromatic nitrogens is 2. The summed E-state index contributed by atoms with van der Waals surface area (Å²) in [5, 5.41) is 15.5. The molecular weight excluding hydrogens is 382 g/mol. The third-order valence-electron chi connectivity index (χ3n) is 4.38. The van der Waals surface area contributed by atoms with Gasteiger partial charge in [-0.05, 0) is 24.3 Å². The van der Waals surface area contributed by atoms with Crippen molar-refractivity contribution in [2.45, 2.75) is 0 Å². The molecule has 146 valence electrons. The van der Waals surface area contributed by atoms with Crippen LogP contribution in [0.2, 0.25) is 0 Å². The minimum Gasteiger partial charge on any atom is -0.267 e. The van der Waals surface area contributed by atoms with Crippen molar-refractivity contribution < 1.29 is 9.72 Å². The summed E-state index contributed by atoms with van der Waals surface area (Å²) in [5.74, 6) is -0.416. The summed E-state index contributed by atoms with van der Waals surface area (Å²) in [7, 11) is 0. The molecule has 0 aliphatic carbocycles. The van der Waals surface area contributed by atoms with Gasteiger partial charge in [-0.2, -0.15) is 5.10 Å². The van der Waals surface area contributed by atoms with E-state index in [4.69, 9.17) is 0 Å². The van der Waals surface area contributed by atoms with Gasteiger partial charge in [-0.15, -0.1) is 0 Å². The third kappa shape index (κ3) is 4.02. The number of nitro groups is 1. The van der Waals surface area contributed by atoms with E-state index in [0.29, 0.717) is 27.7 Å². The van der Waals surface area contributed by atoms with Gasteiger partial charge in [0.05, 0.1) is 27.9 Å². The Bertz CT molecular complexity index is 1270. The van der Waals surface area contributed by atoms with E-state index in [-0.39, 0.29) is 5.69 Å². The largest absolute Gasteiger partial charge is 0.272 e. The molecule has 8 heteroatoms. The second-order valence-electron chi connectivity index (χ2n) is 6.37. The zero-order chi connectivity index (χ0) is 20.9. The lowest BCUT2D eigenvalue weighted by atomic mass is 10.0. The first-order valence-corrected chi connectivity index (χ1v) is 9.00. The molecule has 0 saturated heterocycles. The van der Waals surface area contributed by atoms with Crippen LogP contribution < -0.4 is 5.43 Å². The quantitative estimate of drug-likeness (QED) is 0.311. The molecule has 30 heavy (non-hydrogen) atoms. The van der Waals surface area contributed by atoms with Gasteiger partial charge in [0.15, 0.2) is 0 Å². The zero-order valence-corrected chi connectivity index (χ0v) is 15.6. The summed E-state index contributed by atoms with van der Waals surface area (Å²) in [6.07, 6.45) is 4.70. The third-order valence-corrected chi connectivity index (χ3v) is 4.38. The van der Waals surface area contributed by atoms with Gasteiger partial charge in [-0.25, -0.2) is 10.4 Å². The van der Waals surface area contributed by atoms with Crippen LogP contribution in [0.25, 0.3) is 22.2 Å². The molecule has 4 aromatic rings. The fourth-order valence-corrected chi connectivity index (χ4v) is 2.97. The Balaban J connectivity index is 1.64. The number of benzene rings is 2. The number of nitrogens with one attached hydrogen (secondary N) is 1. The molecule has 0 aliphatic rings. The minimum atomic E-state index is -0.487. The van der Waals surface area contributed by atoms with Crippen LogP contribution in [0.15, 0.2) is 84.2 Å². The number of para-hydroxylation sites is 1. The topological polar surface area (TPSA) is 110 Å². The van der Waals surface area contributed by atoms with Crippen molar-refractivity contribution in [3.63, 3.8) is 0 Å². The Hall–Kier alpha value is -4.46. The first kappa shape index (κ1) is 18.9. The summed E-state index contributed by atoms with van der Waals surface area (Å²) >= 11 is 0. The molecule has 0 bridgehead atoms. The molecule has 0 aliphatic heterocycles. The van der Waals surface area contributed by atoms with Crippen LogP contribution in [0.3, 0.4) is 0 Å². The maximum absolute atomic E-state index is 12.8. The van der Waals surface area contributed by atoms with Crippen LogP contribution in [0, 0.1) is 10.1 Å². The van der Waals surface area contributed by atoms with E-state index in [1.54, 1.807) is 36.7 Å². The molecule has 0 saturated carbocycles. The maximum atomic E-state index is 12.8. The Kier molecular flexibility index (Phi) is 5.21. The molecule has 2 heterocycles. The standard InChI is InChI=1S/C22H15N5O3/c28-22(26-24-13-15-5-3-7-17(11-15)27(29)30)19-12-21(16-6-4-10-23-14-16)25-20-9-2-1-8-18(19)20/h1-14H,(H,26,28)/b24-13+. The number of fused-ring (bicyclic) bond motifs is 1. The molecule has 0 radical (unpaired) electrons. The van der Waals surface area contributed by atoms with Crippen LogP contribution in [0.1, 0.15) is 15.9 Å². The number of pyridine rings is 2. The summed E-state index contributed by atoms with van der Waals surface area (Å²) < 4.78 is 0. The summed E-state index contributed by atoms with van der Waals surface area (Å²) in [5.41, 5.74) is 5.43. The molecule has 0 fully saturated rings. The van der Waals surface area contributed by atoms with Crippen LogP contribution in [0.4, 0.5) is 5.69 Å². The normalized spacial score (nSPS) is 10.9. The van der Waals surface area contributed by atoms with E-state index in [1.807, 2.05) is 30.3 Å². The lowest BCUT2D eigenvalue weighted by Crippen LogP contribution is -2.18. The number of rotatable bonds is 5. The van der Waals surface area contributed by atoms with Gasteiger partial charge >= 0.3 is 0 Å². The van der Waals surface area contributed by atoms with Gasteiger partial charge in [0.2, 0.25) is 0 Å². The lowest BCUT2D eigenvalue weighted by molar-refractivity contribution is -0.384. The average molecular weight is 397 g/mol. The number of carbonyl (C=O) groups excluding carboxylic acids is 1. The Morgan fingerprint density at radius 2 is 1.93 bits per heavy atom. The molecule has 1 amide bonds. The number of hydrazone groups is 1. The van der Waals surface area contributed by atoms with Crippen molar-refractivity contribution in [1.82, 2.24) is 15.4 Å². The van der Waals surface area contributed by atoms with Crippen LogP contribution >= 0.6 is 0 Å². The van der Waals surface area contributed by atoms with E-state index in [2.05, 4.69) is 20.5 Å². The van der Waals surface area contributed by atoms with Crippen molar-refractivity contribution in [2.24, 2.45) is 5.10 Å². The molecule has 1 N–H and O–H groups in total. The number of carbonyl (C=O) groups is 1. The predicted octanol–water partition coefficient (Wildman–Crippen LogP) is 3.97. The van der Waals surface area contributed by atoms with Crippen molar-refractivity contribution >= 4 is 28.7 Å². The fraction of sp³-hybridized carbons (Fsp3) is 0. The monoisotopic (exact) mass is 397 g/mol. The van der Waals surface area contributed by atoms with Gasteiger partial charge in [0.25, 0.3) is 11.6 Å². The van der Waals surface area contributed by atoms with E-state index >= 15 is 0 Å². The number of nitrogens with zero attached hydrogens (tertiary/aromatic N) is 4. The number of non-ortho nitro benzene ring substituents is 1. The van der Waals surface area contributed by atoms with Crippen molar-refractivity contribution in [3.05, 3.63) is 100 Å². The van der Waals surface area contributed by atoms with E-state index in [0.717, 1.165) is 5.56 Å². The number of hydrogen-bond donors (Lipinski definition) is 1. The van der Waals surface area contributed by atoms with Crippen LogP contribution in [-0.4, -0.2) is 27.0 Å². The molecule has 2 aromatic heterocycles. The number of hydrogen-bond acceptors (Lipinski definition) is 6. The second-order valence-corrected chi connectivity index (χ2v) is 6.37. The molecule has 0 spiro atoms. The Morgan fingerprint density at radius 3 is 2.73 bits per heavy atom. The fourth-order valence-electron chi connectivity index (χ4n) is 2.97. The highest BCUT2D eigenvalue weighted by atomic mass is 16.6. The van der Waals surface area contributed by atoms with E-state index in [1.165, 1.54) is 18.3 Å². The molecule has 8 nitrogen and oxygen atoms in total. The van der Waals surface area contributed by atoms with Gasteiger partial charge in [0.1, 0.15) is 0 Å². The molecule has 0 unspecified atom stereocenters. The average Bonchev–Trinajstić information content (AvgIpc) is 2.79. The predicted molar refractivity (Wildman–Crippen MR) is 113 cm³/mol. The Morgan fingerprint density at radius 1 is 1.07 bits per heavy atom. The highest BCUT2D eigenvalue weighted by molar-refractivity contribution is 6.07. The molecule has 4 rings (SSSR count). The van der Waals surface area contributed by atoms with Crippen molar-refractivity contribution in [3.8, 4) is 11.3 Å². The summed E-state index contributed by atoms with van der Waals surface area (Å²) in [6, 6.07) is 18.7. The number of nitro benzene ring substituents is 1. The van der Waals surface area contributed by atoms with Gasteiger partial charge in [0, 0.05) is 41.0 Å². The van der Waals surface area contributed by atoms with Crippen molar-refractivity contribution in [2.75, 3.05) is 0 Å². The smallest absolute Gasteiger partial charge is 0.267 e. The van der Waals surface area contributed by atoms with Crippen molar-refractivity contribution in [1.29, 1.82) is 0 Å². The summed E-state index contributed by atoms with van der Waals surface area (Å²) in [6.45, 7) is 0. The molecule has 2 aromatic carbocycles. The molecular formula is C22H15N5O3. The number of amides is 1. The SMILES string of the molecule is O=C(N/N=C/c1cccc([N+](=O)[O-])c1)c1cc(-c2cccnc2)nc2ccccc12. The first-order valence-electron chi connectivity index (χ1n) is 9.00. The maximum Gasteiger partial charge on any atom is 0.272 e. The molecule has 0 atom stereocenters. The summed E-state index contributed by atoms with van der Waals surface area (Å²) in [4.78, 5) is 31.9. The minimum absolute atomic E-state index is 0.0495. The van der Waals surface area contributed by atoms with Crippen LogP contribution in [-0.2, 0) is 0 Å². The van der Waals surface area contributed by atoms with Gasteiger partial charge in [-0.3, -0.25) is 19.9 Å². The second kappa shape index (κ2) is 8.27. The Labute approximate surface area is 171 Å². The highest BCUT2D eigenvalue weighted by Gasteiger charge is 2.13. The van der Waals surface area contributed by atoms with E-state index in [9.17, 15) is 14.9 Å². The zero-order valence-electron chi connectivity index (χ0n) is 15.6. The van der Waals surface area contributed by atoms with Gasteiger partial charge < -0.3 is 0 Å². The van der Waals surface area contributed by atoms with Gasteiger partial charge in [-0.1, -0.05) is 30.3 Å². The van der Waals surface area contributed by atoms with Crippen LogP contribution in [0.5, 0.6) is 0 Å².